The Morgan fingerprint density at radius 3 is 2.68 bits per heavy atom. The Hall–Kier alpha value is -2.63. The van der Waals surface area contributed by atoms with E-state index in [1.807, 2.05) is 10.7 Å². The van der Waals surface area contributed by atoms with Gasteiger partial charge in [0, 0.05) is 24.4 Å². The molecule has 3 aliphatic rings. The van der Waals surface area contributed by atoms with Crippen molar-refractivity contribution in [2.45, 2.75) is 95.4 Å². The molecule has 1 amide bonds. The fourth-order valence-corrected chi connectivity index (χ4v) is 6.26. The van der Waals surface area contributed by atoms with Crippen LogP contribution in [0.15, 0.2) is 30.5 Å². The van der Waals surface area contributed by atoms with Crippen LogP contribution in [0.5, 0.6) is 0 Å². The molecule has 0 radical (unpaired) electrons. The highest BCUT2D eigenvalue weighted by atomic mass is 16.4. The third-order valence-electron chi connectivity index (χ3n) is 8.14. The predicted octanol–water partition coefficient (Wildman–Crippen LogP) is 5.90. The second-order valence-electron chi connectivity index (χ2n) is 10.6. The lowest BCUT2D eigenvalue weighted by atomic mass is 9.77. The number of rotatable bonds is 7. The molecule has 3 unspecified atom stereocenters. The number of aromatic carboxylic acids is 1. The van der Waals surface area contributed by atoms with Gasteiger partial charge in [-0.15, -0.1) is 0 Å². The molecule has 1 saturated heterocycles. The van der Waals surface area contributed by atoms with Gasteiger partial charge in [0.1, 0.15) is 5.56 Å². The Kier molecular flexibility index (Phi) is 6.75. The molecule has 2 aliphatic carbocycles. The monoisotopic (exact) mass is 463 g/mol. The van der Waals surface area contributed by atoms with Crippen molar-refractivity contribution in [1.29, 1.82) is 0 Å². The van der Waals surface area contributed by atoms with E-state index >= 15 is 0 Å². The molecule has 3 atom stereocenters. The molecule has 6 heteroatoms. The molecule has 5 rings (SSSR count). The SMILES string of the molecule is CCCC1CCCCN1C(=O)C1CCCC(c2cccc(-n3ncc(C(=O)O)c3C3CC3)c2)C1. The molecule has 1 aromatic carbocycles. The van der Waals surface area contributed by atoms with E-state index in [2.05, 4.69) is 35.1 Å². The van der Waals surface area contributed by atoms with E-state index < -0.39 is 5.97 Å². The Morgan fingerprint density at radius 1 is 1.06 bits per heavy atom. The smallest absolute Gasteiger partial charge is 0.339 e. The number of carboxylic acid groups (broad SMARTS) is 1. The number of piperidine rings is 1. The number of amides is 1. The number of hydrogen-bond acceptors (Lipinski definition) is 3. The van der Waals surface area contributed by atoms with Crippen LogP contribution in [-0.4, -0.2) is 44.3 Å². The minimum absolute atomic E-state index is 0.116. The summed E-state index contributed by atoms with van der Waals surface area (Å²) in [5.74, 6) is 0.237. The molecular formula is C28H37N3O3. The molecule has 3 fully saturated rings. The van der Waals surface area contributed by atoms with Crippen molar-refractivity contribution < 1.29 is 14.7 Å². The molecule has 6 nitrogen and oxygen atoms in total. The number of carbonyl (C=O) groups excluding carboxylic acids is 1. The number of benzene rings is 1. The maximum atomic E-state index is 13.6. The average Bonchev–Trinajstić information content (AvgIpc) is 3.61. The van der Waals surface area contributed by atoms with E-state index in [4.69, 9.17) is 0 Å². The molecule has 1 N–H and O–H groups in total. The van der Waals surface area contributed by atoms with Crippen molar-refractivity contribution in [1.82, 2.24) is 14.7 Å². The quantitative estimate of drug-likeness (QED) is 0.554. The topological polar surface area (TPSA) is 75.4 Å². The van der Waals surface area contributed by atoms with Gasteiger partial charge >= 0.3 is 5.97 Å². The average molecular weight is 464 g/mol. The van der Waals surface area contributed by atoms with Crippen LogP contribution in [0, 0.1) is 5.92 Å². The summed E-state index contributed by atoms with van der Waals surface area (Å²) < 4.78 is 1.83. The molecule has 2 saturated carbocycles. The van der Waals surface area contributed by atoms with Crippen LogP contribution >= 0.6 is 0 Å². The van der Waals surface area contributed by atoms with Crippen LogP contribution < -0.4 is 0 Å². The zero-order valence-corrected chi connectivity index (χ0v) is 20.3. The fraction of sp³-hybridized carbons (Fsp3) is 0.607. The zero-order chi connectivity index (χ0) is 23.7. The van der Waals surface area contributed by atoms with Crippen molar-refractivity contribution in [3.8, 4) is 5.69 Å². The Labute approximate surface area is 202 Å². The largest absolute Gasteiger partial charge is 0.478 e. The molecule has 0 spiro atoms. The van der Waals surface area contributed by atoms with Crippen molar-refractivity contribution in [3.05, 3.63) is 47.3 Å². The highest BCUT2D eigenvalue weighted by molar-refractivity contribution is 5.89. The lowest BCUT2D eigenvalue weighted by molar-refractivity contribution is -0.140. The van der Waals surface area contributed by atoms with Gasteiger partial charge in [0.15, 0.2) is 0 Å². The summed E-state index contributed by atoms with van der Waals surface area (Å²) in [6.07, 6.45) is 13.4. The molecule has 1 aromatic heterocycles. The van der Waals surface area contributed by atoms with E-state index in [-0.39, 0.29) is 11.8 Å². The Morgan fingerprint density at radius 2 is 1.91 bits per heavy atom. The van der Waals surface area contributed by atoms with Gasteiger partial charge in [-0.3, -0.25) is 4.79 Å². The van der Waals surface area contributed by atoms with Crippen molar-refractivity contribution in [3.63, 3.8) is 0 Å². The van der Waals surface area contributed by atoms with Crippen LogP contribution in [0.1, 0.15) is 111 Å². The van der Waals surface area contributed by atoms with Crippen LogP contribution in [0.2, 0.25) is 0 Å². The normalized spacial score (nSPS) is 25.3. The first-order chi connectivity index (χ1) is 16.6. The number of likely N-dealkylation sites (tertiary alicyclic amines) is 1. The van der Waals surface area contributed by atoms with Gasteiger partial charge in [-0.05, 0) is 81.4 Å². The van der Waals surface area contributed by atoms with Crippen molar-refractivity contribution in [2.75, 3.05) is 6.54 Å². The second kappa shape index (κ2) is 9.93. The van der Waals surface area contributed by atoms with E-state index in [1.165, 1.54) is 18.2 Å². The number of carboxylic acids is 1. The minimum atomic E-state index is -0.906. The minimum Gasteiger partial charge on any atom is -0.478 e. The first-order valence-electron chi connectivity index (χ1n) is 13.3. The third kappa shape index (κ3) is 4.64. The summed E-state index contributed by atoms with van der Waals surface area (Å²) in [7, 11) is 0. The van der Waals surface area contributed by atoms with E-state index in [9.17, 15) is 14.7 Å². The van der Waals surface area contributed by atoms with Gasteiger partial charge in [0.2, 0.25) is 5.91 Å². The van der Waals surface area contributed by atoms with Gasteiger partial charge in [-0.2, -0.15) is 5.10 Å². The van der Waals surface area contributed by atoms with Crippen LogP contribution in [0.25, 0.3) is 5.69 Å². The first-order valence-corrected chi connectivity index (χ1v) is 13.3. The lowest BCUT2D eigenvalue weighted by Crippen LogP contribution is -2.47. The summed E-state index contributed by atoms with van der Waals surface area (Å²) >= 11 is 0. The molecule has 2 aromatic rings. The van der Waals surface area contributed by atoms with E-state index in [0.29, 0.717) is 23.4 Å². The maximum absolute atomic E-state index is 13.6. The number of nitrogens with zero attached hydrogens (tertiary/aromatic N) is 3. The molecule has 2 heterocycles. The summed E-state index contributed by atoms with van der Waals surface area (Å²) in [6, 6.07) is 8.83. The zero-order valence-electron chi connectivity index (χ0n) is 20.3. The summed E-state index contributed by atoms with van der Waals surface area (Å²) in [6.45, 7) is 3.14. The van der Waals surface area contributed by atoms with Gasteiger partial charge in [0.05, 0.1) is 17.6 Å². The highest BCUT2D eigenvalue weighted by Gasteiger charge is 2.35. The van der Waals surface area contributed by atoms with E-state index in [0.717, 1.165) is 82.1 Å². The maximum Gasteiger partial charge on any atom is 0.339 e. The predicted molar refractivity (Wildman–Crippen MR) is 131 cm³/mol. The standard InChI is InChI=1S/C28H37N3O3/c1-2-7-23-11-3-4-15-30(23)27(32)22-10-5-8-20(16-22)21-9-6-12-24(17-21)31-26(19-13-14-19)25(18-29-31)28(33)34/h6,9,12,17-20,22-23H,2-5,7-8,10-11,13-16H2,1H3,(H,33,34). The molecule has 0 bridgehead atoms. The summed E-state index contributed by atoms with van der Waals surface area (Å²) in [4.78, 5) is 27.5. The van der Waals surface area contributed by atoms with Crippen molar-refractivity contribution in [2.24, 2.45) is 5.92 Å². The summed E-state index contributed by atoms with van der Waals surface area (Å²) in [5, 5.41) is 14.1. The van der Waals surface area contributed by atoms with Gasteiger partial charge in [0.25, 0.3) is 0 Å². The van der Waals surface area contributed by atoms with Gasteiger partial charge < -0.3 is 10.0 Å². The molecule has 182 valence electrons. The van der Waals surface area contributed by atoms with Crippen molar-refractivity contribution >= 4 is 11.9 Å². The third-order valence-corrected chi connectivity index (χ3v) is 8.14. The van der Waals surface area contributed by atoms with E-state index in [1.54, 1.807) is 0 Å². The Bertz CT molecular complexity index is 1040. The lowest BCUT2D eigenvalue weighted by Gasteiger charge is -2.40. The Balaban J connectivity index is 1.35. The van der Waals surface area contributed by atoms with Gasteiger partial charge in [-0.25, -0.2) is 9.48 Å². The first kappa shape index (κ1) is 23.1. The van der Waals surface area contributed by atoms with Crippen LogP contribution in [0.4, 0.5) is 0 Å². The van der Waals surface area contributed by atoms with Crippen LogP contribution in [0.3, 0.4) is 0 Å². The van der Waals surface area contributed by atoms with Gasteiger partial charge in [-0.1, -0.05) is 31.9 Å². The van der Waals surface area contributed by atoms with Crippen LogP contribution in [-0.2, 0) is 4.79 Å². The number of carbonyl (C=O) groups is 2. The number of aromatic nitrogens is 2. The summed E-state index contributed by atoms with van der Waals surface area (Å²) in [5.41, 5.74) is 3.32. The second-order valence-corrected chi connectivity index (χ2v) is 10.6. The highest BCUT2D eigenvalue weighted by Crippen LogP contribution is 2.43. The molecule has 1 aliphatic heterocycles. The molecule has 34 heavy (non-hydrogen) atoms. The molecular weight excluding hydrogens is 426 g/mol. The number of hydrogen-bond donors (Lipinski definition) is 1. The fourth-order valence-electron chi connectivity index (χ4n) is 6.26.